The van der Waals surface area contributed by atoms with E-state index in [2.05, 4.69) is 29.1 Å². The monoisotopic (exact) mass is 427 g/mol. The van der Waals surface area contributed by atoms with Crippen LogP contribution in [0.1, 0.15) is 51.9 Å². The Bertz CT molecular complexity index is 876. The zero-order chi connectivity index (χ0) is 21.8. The smallest absolute Gasteiger partial charge is 0.227 e. The van der Waals surface area contributed by atoms with Crippen molar-refractivity contribution in [2.75, 3.05) is 51.1 Å². The number of fused-ring (bicyclic) bond motifs is 1. The van der Waals surface area contributed by atoms with Crippen LogP contribution in [0.15, 0.2) is 12.1 Å². The predicted molar refractivity (Wildman–Crippen MR) is 127 cm³/mol. The molecule has 1 N–H and O–H groups in total. The first kappa shape index (κ1) is 21.9. The van der Waals surface area contributed by atoms with E-state index < -0.39 is 0 Å². The van der Waals surface area contributed by atoms with Crippen LogP contribution in [-0.2, 0) is 0 Å². The lowest BCUT2D eigenvalue weighted by molar-refractivity contribution is 0.229. The molecule has 2 heterocycles. The molecule has 0 amide bonds. The summed E-state index contributed by atoms with van der Waals surface area (Å²) in [6.07, 6.45) is 8.58. The van der Waals surface area contributed by atoms with Gasteiger partial charge in [0.15, 0.2) is 11.5 Å². The fourth-order valence-corrected chi connectivity index (χ4v) is 4.93. The Kier molecular flexibility index (Phi) is 7.00. The molecule has 7 nitrogen and oxygen atoms in total. The van der Waals surface area contributed by atoms with E-state index in [4.69, 9.17) is 19.4 Å². The summed E-state index contributed by atoms with van der Waals surface area (Å²) in [5, 5.41) is 4.74. The quantitative estimate of drug-likeness (QED) is 0.706. The third-order valence-electron chi connectivity index (χ3n) is 7.00. The molecule has 1 saturated heterocycles. The first-order chi connectivity index (χ1) is 15.1. The van der Waals surface area contributed by atoms with Crippen molar-refractivity contribution < 1.29 is 9.47 Å². The van der Waals surface area contributed by atoms with Crippen LogP contribution in [0.2, 0.25) is 0 Å². The highest BCUT2D eigenvalue weighted by Gasteiger charge is 2.24. The van der Waals surface area contributed by atoms with Crippen molar-refractivity contribution in [3.05, 3.63) is 12.1 Å². The third kappa shape index (κ3) is 4.81. The Morgan fingerprint density at radius 1 is 1.00 bits per heavy atom. The van der Waals surface area contributed by atoms with Crippen molar-refractivity contribution in [3.8, 4) is 11.5 Å². The van der Waals surface area contributed by atoms with E-state index in [0.717, 1.165) is 55.1 Å². The second-order valence-electron chi connectivity index (χ2n) is 8.85. The van der Waals surface area contributed by atoms with Gasteiger partial charge in [-0.25, -0.2) is 4.98 Å². The molecule has 1 aliphatic carbocycles. The number of hydrogen-bond donors (Lipinski definition) is 1. The molecule has 1 saturated carbocycles. The number of piperidine rings is 1. The van der Waals surface area contributed by atoms with Crippen molar-refractivity contribution in [1.82, 2.24) is 14.9 Å². The SMILES string of the molecule is CCN1CCC(Nc2nc(N(C)C3CCCCC3)nc3cc(OC)c(OC)cc23)CC1. The van der Waals surface area contributed by atoms with Gasteiger partial charge in [0.2, 0.25) is 5.95 Å². The zero-order valence-corrected chi connectivity index (χ0v) is 19.5. The summed E-state index contributed by atoms with van der Waals surface area (Å²) in [5.41, 5.74) is 0.888. The van der Waals surface area contributed by atoms with E-state index in [1.54, 1.807) is 14.2 Å². The van der Waals surface area contributed by atoms with Crippen LogP contribution in [-0.4, -0.2) is 67.9 Å². The molecule has 2 aromatic rings. The molecule has 170 valence electrons. The number of benzene rings is 1. The van der Waals surface area contributed by atoms with Crippen LogP contribution in [0.25, 0.3) is 10.9 Å². The second-order valence-corrected chi connectivity index (χ2v) is 8.85. The summed E-state index contributed by atoms with van der Waals surface area (Å²) in [4.78, 5) is 14.8. The molecule has 2 fully saturated rings. The van der Waals surface area contributed by atoms with Gasteiger partial charge in [-0.3, -0.25) is 0 Å². The maximum atomic E-state index is 5.57. The number of likely N-dealkylation sites (tertiary alicyclic amines) is 1. The van der Waals surface area contributed by atoms with Crippen LogP contribution in [0.5, 0.6) is 11.5 Å². The number of aromatic nitrogens is 2. The number of anilines is 2. The Balaban J connectivity index is 1.69. The molecule has 1 aromatic carbocycles. The van der Waals surface area contributed by atoms with Gasteiger partial charge in [-0.15, -0.1) is 0 Å². The molecule has 1 aliphatic heterocycles. The molecule has 0 spiro atoms. The molecule has 31 heavy (non-hydrogen) atoms. The summed E-state index contributed by atoms with van der Waals surface area (Å²) in [6.45, 7) is 5.61. The first-order valence-corrected chi connectivity index (χ1v) is 11.8. The minimum absolute atomic E-state index is 0.418. The van der Waals surface area contributed by atoms with Gasteiger partial charge in [0.05, 0.1) is 19.7 Å². The van der Waals surface area contributed by atoms with E-state index in [0.29, 0.717) is 23.6 Å². The van der Waals surface area contributed by atoms with E-state index >= 15 is 0 Å². The van der Waals surface area contributed by atoms with Crippen LogP contribution in [0.3, 0.4) is 0 Å². The van der Waals surface area contributed by atoms with Gasteiger partial charge in [0.1, 0.15) is 5.82 Å². The van der Waals surface area contributed by atoms with Gasteiger partial charge in [0.25, 0.3) is 0 Å². The van der Waals surface area contributed by atoms with Gasteiger partial charge >= 0.3 is 0 Å². The van der Waals surface area contributed by atoms with Crippen molar-refractivity contribution in [3.63, 3.8) is 0 Å². The molecule has 1 aromatic heterocycles. The van der Waals surface area contributed by atoms with E-state index in [9.17, 15) is 0 Å². The van der Waals surface area contributed by atoms with Gasteiger partial charge in [-0.05, 0) is 38.3 Å². The van der Waals surface area contributed by atoms with Gasteiger partial charge < -0.3 is 24.6 Å². The van der Waals surface area contributed by atoms with E-state index in [1.165, 1.54) is 32.1 Å². The molecular weight excluding hydrogens is 390 g/mol. The molecule has 0 atom stereocenters. The summed E-state index contributed by atoms with van der Waals surface area (Å²) >= 11 is 0. The van der Waals surface area contributed by atoms with Gasteiger partial charge in [-0.2, -0.15) is 4.98 Å². The van der Waals surface area contributed by atoms with Crippen molar-refractivity contribution >= 4 is 22.7 Å². The highest BCUT2D eigenvalue weighted by molar-refractivity contribution is 5.93. The zero-order valence-electron chi connectivity index (χ0n) is 19.5. The minimum Gasteiger partial charge on any atom is -0.493 e. The average Bonchev–Trinajstić information content (AvgIpc) is 2.83. The minimum atomic E-state index is 0.418. The molecule has 4 rings (SSSR count). The number of hydrogen-bond acceptors (Lipinski definition) is 7. The van der Waals surface area contributed by atoms with Crippen LogP contribution < -0.4 is 19.7 Å². The second kappa shape index (κ2) is 9.90. The fraction of sp³-hybridized carbons (Fsp3) is 0.667. The Labute approximate surface area is 186 Å². The number of nitrogens with one attached hydrogen (secondary N) is 1. The van der Waals surface area contributed by atoms with Crippen LogP contribution >= 0.6 is 0 Å². The molecule has 2 aliphatic rings. The van der Waals surface area contributed by atoms with Crippen LogP contribution in [0, 0.1) is 0 Å². The van der Waals surface area contributed by atoms with E-state index in [1.807, 2.05) is 12.1 Å². The Morgan fingerprint density at radius 3 is 2.32 bits per heavy atom. The molecule has 0 unspecified atom stereocenters. The fourth-order valence-electron chi connectivity index (χ4n) is 4.93. The summed E-state index contributed by atoms with van der Waals surface area (Å²) in [5.74, 6) is 3.09. The maximum absolute atomic E-state index is 5.57. The lowest BCUT2D eigenvalue weighted by atomic mass is 9.95. The summed E-state index contributed by atoms with van der Waals surface area (Å²) in [6, 6.07) is 4.90. The molecule has 0 bridgehead atoms. The highest BCUT2D eigenvalue weighted by atomic mass is 16.5. The number of methoxy groups -OCH3 is 2. The topological polar surface area (TPSA) is 62.8 Å². The average molecular weight is 428 g/mol. The summed E-state index contributed by atoms with van der Waals surface area (Å²) < 4.78 is 11.1. The van der Waals surface area contributed by atoms with Crippen molar-refractivity contribution in [2.24, 2.45) is 0 Å². The lowest BCUT2D eigenvalue weighted by Crippen LogP contribution is -2.39. The van der Waals surface area contributed by atoms with Crippen molar-refractivity contribution in [2.45, 2.75) is 64.0 Å². The van der Waals surface area contributed by atoms with Crippen molar-refractivity contribution in [1.29, 1.82) is 0 Å². The van der Waals surface area contributed by atoms with Gasteiger partial charge in [0, 0.05) is 43.7 Å². The number of nitrogens with zero attached hydrogens (tertiary/aromatic N) is 4. The predicted octanol–water partition coefficient (Wildman–Crippen LogP) is 4.31. The standard InChI is InChI=1S/C24H37N5O2/c1-5-29-13-11-17(12-14-29)25-23-19-15-21(30-3)22(31-4)16-20(19)26-24(27-23)28(2)18-9-7-6-8-10-18/h15-18H,5-14H2,1-4H3,(H,25,26,27). The molecular formula is C24H37N5O2. The van der Waals surface area contributed by atoms with Gasteiger partial charge in [-0.1, -0.05) is 26.2 Å². The number of ether oxygens (including phenoxy) is 2. The maximum Gasteiger partial charge on any atom is 0.227 e. The summed E-state index contributed by atoms with van der Waals surface area (Å²) in [7, 11) is 5.48. The molecule has 7 heteroatoms. The van der Waals surface area contributed by atoms with E-state index in [-0.39, 0.29) is 0 Å². The number of rotatable bonds is 7. The Hall–Kier alpha value is -2.28. The first-order valence-electron chi connectivity index (χ1n) is 11.8. The third-order valence-corrected chi connectivity index (χ3v) is 7.00. The normalized spacial score (nSPS) is 18.8. The highest BCUT2D eigenvalue weighted by Crippen LogP contribution is 2.36. The van der Waals surface area contributed by atoms with Crippen LogP contribution in [0.4, 0.5) is 11.8 Å². The Morgan fingerprint density at radius 2 is 1.68 bits per heavy atom. The lowest BCUT2D eigenvalue weighted by Gasteiger charge is -2.33. The largest absolute Gasteiger partial charge is 0.493 e. The molecule has 0 radical (unpaired) electrons.